The van der Waals surface area contributed by atoms with E-state index in [0.29, 0.717) is 11.9 Å². The van der Waals surface area contributed by atoms with E-state index < -0.39 is 0 Å². The smallest absolute Gasteiger partial charge is 0.188 e. The SMILES string of the molecule is CC(C)CN=C(N)NCCc1ccc(Cl)s1.I. The Kier molecular flexibility index (Phi) is 8.99. The van der Waals surface area contributed by atoms with Gasteiger partial charge in [0.25, 0.3) is 0 Å². The summed E-state index contributed by atoms with van der Waals surface area (Å²) in [5, 5.41) is 3.09. The number of aliphatic imine (C=N–C) groups is 1. The number of halogens is 2. The molecule has 3 nitrogen and oxygen atoms in total. The quantitative estimate of drug-likeness (QED) is 0.463. The Hall–Kier alpha value is -0.0100. The maximum Gasteiger partial charge on any atom is 0.188 e. The van der Waals surface area contributed by atoms with Gasteiger partial charge in [-0.25, -0.2) is 0 Å². The number of nitrogens with two attached hydrogens (primary N) is 1. The zero-order valence-electron chi connectivity index (χ0n) is 10.1. The molecule has 98 valence electrons. The fraction of sp³-hybridized carbons (Fsp3) is 0.545. The Labute approximate surface area is 129 Å². The van der Waals surface area contributed by atoms with Crippen LogP contribution < -0.4 is 11.1 Å². The molecule has 1 heterocycles. The molecule has 0 aliphatic heterocycles. The van der Waals surface area contributed by atoms with Crippen LogP contribution in [-0.4, -0.2) is 19.0 Å². The van der Waals surface area contributed by atoms with E-state index in [0.717, 1.165) is 23.8 Å². The van der Waals surface area contributed by atoms with E-state index in [4.69, 9.17) is 17.3 Å². The van der Waals surface area contributed by atoms with Crippen molar-refractivity contribution in [2.45, 2.75) is 20.3 Å². The second-order valence-corrected chi connectivity index (χ2v) is 5.80. The van der Waals surface area contributed by atoms with Crippen LogP contribution in [0.15, 0.2) is 17.1 Å². The van der Waals surface area contributed by atoms with E-state index >= 15 is 0 Å². The van der Waals surface area contributed by atoms with Crippen LogP contribution in [0.1, 0.15) is 18.7 Å². The molecule has 0 amide bonds. The largest absolute Gasteiger partial charge is 0.370 e. The zero-order valence-corrected chi connectivity index (χ0v) is 14.0. The van der Waals surface area contributed by atoms with Crippen LogP contribution in [0.5, 0.6) is 0 Å². The predicted octanol–water partition coefficient (Wildman–Crippen LogP) is 3.12. The van der Waals surface area contributed by atoms with Gasteiger partial charge in [-0.05, 0) is 24.5 Å². The maximum absolute atomic E-state index is 5.84. The van der Waals surface area contributed by atoms with Crippen molar-refractivity contribution in [2.75, 3.05) is 13.1 Å². The number of hydrogen-bond donors (Lipinski definition) is 2. The van der Waals surface area contributed by atoms with Gasteiger partial charge < -0.3 is 11.1 Å². The first-order valence-corrected chi connectivity index (χ1v) is 6.55. The third-order valence-corrected chi connectivity index (χ3v) is 3.22. The molecular formula is C11H19ClIN3S. The van der Waals surface area contributed by atoms with Crippen LogP contribution in [0.3, 0.4) is 0 Å². The molecule has 0 saturated carbocycles. The van der Waals surface area contributed by atoms with Crippen molar-refractivity contribution in [3.8, 4) is 0 Å². The van der Waals surface area contributed by atoms with Crippen molar-refractivity contribution >= 4 is 52.9 Å². The Morgan fingerprint density at radius 2 is 2.24 bits per heavy atom. The van der Waals surface area contributed by atoms with E-state index in [1.54, 1.807) is 11.3 Å². The molecule has 0 atom stereocenters. The summed E-state index contributed by atoms with van der Waals surface area (Å²) in [6, 6.07) is 3.95. The molecule has 1 rings (SSSR count). The third-order valence-electron chi connectivity index (χ3n) is 1.93. The highest BCUT2D eigenvalue weighted by Gasteiger charge is 1.98. The number of nitrogens with one attached hydrogen (secondary N) is 1. The van der Waals surface area contributed by atoms with Crippen molar-refractivity contribution in [1.82, 2.24) is 5.32 Å². The Bertz CT molecular complexity index is 352. The zero-order chi connectivity index (χ0) is 12.0. The van der Waals surface area contributed by atoms with E-state index in [1.807, 2.05) is 12.1 Å². The summed E-state index contributed by atoms with van der Waals surface area (Å²) in [5.41, 5.74) is 5.71. The minimum atomic E-state index is 0. The molecule has 0 aliphatic rings. The van der Waals surface area contributed by atoms with Crippen molar-refractivity contribution in [3.05, 3.63) is 21.3 Å². The molecule has 0 unspecified atom stereocenters. The van der Waals surface area contributed by atoms with Crippen molar-refractivity contribution in [3.63, 3.8) is 0 Å². The van der Waals surface area contributed by atoms with Crippen LogP contribution in [0, 0.1) is 5.92 Å². The van der Waals surface area contributed by atoms with E-state index in [9.17, 15) is 0 Å². The van der Waals surface area contributed by atoms with Crippen LogP contribution in [-0.2, 0) is 6.42 Å². The highest BCUT2D eigenvalue weighted by Crippen LogP contribution is 2.21. The monoisotopic (exact) mass is 387 g/mol. The second-order valence-electron chi connectivity index (χ2n) is 4.00. The van der Waals surface area contributed by atoms with Crippen LogP contribution >= 0.6 is 46.9 Å². The van der Waals surface area contributed by atoms with E-state index in [2.05, 4.69) is 24.2 Å². The number of guanidine groups is 1. The molecule has 0 radical (unpaired) electrons. The summed E-state index contributed by atoms with van der Waals surface area (Å²) in [6.45, 7) is 5.79. The molecule has 1 aromatic rings. The lowest BCUT2D eigenvalue weighted by atomic mass is 10.2. The fourth-order valence-electron chi connectivity index (χ4n) is 1.14. The minimum absolute atomic E-state index is 0. The first kappa shape index (κ1) is 17.0. The summed E-state index contributed by atoms with van der Waals surface area (Å²) in [7, 11) is 0. The molecule has 6 heteroatoms. The Morgan fingerprint density at radius 3 is 2.76 bits per heavy atom. The standard InChI is InChI=1S/C11H18ClN3S.HI/c1-8(2)7-15-11(13)14-6-5-9-3-4-10(12)16-9;/h3-4,8H,5-7H2,1-2H3,(H3,13,14,15);1H. The first-order chi connectivity index (χ1) is 7.58. The highest BCUT2D eigenvalue weighted by molar-refractivity contribution is 14.0. The third kappa shape index (κ3) is 7.83. The average molecular weight is 388 g/mol. The molecule has 0 bridgehead atoms. The van der Waals surface area contributed by atoms with E-state index in [-0.39, 0.29) is 24.0 Å². The summed E-state index contributed by atoms with van der Waals surface area (Å²) in [4.78, 5) is 5.48. The molecular weight excluding hydrogens is 369 g/mol. The number of rotatable bonds is 5. The molecule has 17 heavy (non-hydrogen) atoms. The maximum atomic E-state index is 5.84. The summed E-state index contributed by atoms with van der Waals surface area (Å²) >= 11 is 7.44. The van der Waals surface area contributed by atoms with Crippen LogP contribution in [0.2, 0.25) is 4.34 Å². The Morgan fingerprint density at radius 1 is 1.53 bits per heavy atom. The van der Waals surface area contributed by atoms with Crippen LogP contribution in [0.25, 0.3) is 0 Å². The molecule has 0 fully saturated rings. The van der Waals surface area contributed by atoms with Crippen molar-refractivity contribution in [2.24, 2.45) is 16.6 Å². The first-order valence-electron chi connectivity index (χ1n) is 5.36. The van der Waals surface area contributed by atoms with Gasteiger partial charge in [0, 0.05) is 18.0 Å². The summed E-state index contributed by atoms with van der Waals surface area (Å²) in [6.07, 6.45) is 0.926. The lowest BCUT2D eigenvalue weighted by Crippen LogP contribution is -2.33. The Balaban J connectivity index is 0.00000256. The van der Waals surface area contributed by atoms with Gasteiger partial charge in [0.1, 0.15) is 0 Å². The molecule has 1 aromatic heterocycles. The second kappa shape index (κ2) is 8.99. The fourth-order valence-corrected chi connectivity index (χ4v) is 2.22. The van der Waals surface area contributed by atoms with Gasteiger partial charge in [0.2, 0.25) is 0 Å². The highest BCUT2D eigenvalue weighted by atomic mass is 127. The molecule has 0 saturated heterocycles. The van der Waals surface area contributed by atoms with Gasteiger partial charge >= 0.3 is 0 Å². The minimum Gasteiger partial charge on any atom is -0.370 e. The predicted molar refractivity (Wildman–Crippen MR) is 87.8 cm³/mol. The number of hydrogen-bond acceptors (Lipinski definition) is 2. The number of thiophene rings is 1. The lowest BCUT2D eigenvalue weighted by molar-refractivity contribution is 0.661. The lowest BCUT2D eigenvalue weighted by Gasteiger charge is -2.05. The summed E-state index contributed by atoms with van der Waals surface area (Å²) < 4.78 is 0.830. The normalized spacial score (nSPS) is 11.4. The van der Waals surface area contributed by atoms with Crippen molar-refractivity contribution < 1.29 is 0 Å². The molecule has 0 aliphatic carbocycles. The van der Waals surface area contributed by atoms with Crippen LogP contribution in [0.4, 0.5) is 0 Å². The van der Waals surface area contributed by atoms with Gasteiger partial charge in [0.15, 0.2) is 5.96 Å². The van der Waals surface area contributed by atoms with Gasteiger partial charge in [-0.15, -0.1) is 35.3 Å². The molecule has 0 spiro atoms. The van der Waals surface area contributed by atoms with Gasteiger partial charge in [-0.2, -0.15) is 0 Å². The van der Waals surface area contributed by atoms with Crippen molar-refractivity contribution in [1.29, 1.82) is 0 Å². The summed E-state index contributed by atoms with van der Waals surface area (Å²) in [5.74, 6) is 1.06. The van der Waals surface area contributed by atoms with Gasteiger partial charge in [-0.3, -0.25) is 4.99 Å². The molecule has 0 aromatic carbocycles. The average Bonchev–Trinajstić information content (AvgIpc) is 2.61. The number of nitrogens with zero attached hydrogens (tertiary/aromatic N) is 1. The van der Waals surface area contributed by atoms with Gasteiger partial charge in [-0.1, -0.05) is 25.4 Å². The molecule has 3 N–H and O–H groups in total. The van der Waals surface area contributed by atoms with Gasteiger partial charge in [0.05, 0.1) is 4.34 Å². The topological polar surface area (TPSA) is 50.4 Å². The van der Waals surface area contributed by atoms with E-state index in [1.165, 1.54) is 4.88 Å².